The Kier molecular flexibility index (Phi) is 4.62. The minimum atomic E-state index is -0.933. The first-order chi connectivity index (χ1) is 9.91. The Balaban J connectivity index is 2.22. The highest BCUT2D eigenvalue weighted by atomic mass is 16.5. The van der Waals surface area contributed by atoms with Crippen LogP contribution in [0.25, 0.3) is 0 Å². The Labute approximate surface area is 123 Å². The molecule has 1 saturated heterocycles. The van der Waals surface area contributed by atoms with Gasteiger partial charge in [0.1, 0.15) is 0 Å². The number of carbonyl (C=O) groups excluding carboxylic acids is 1. The standard InChI is InChI=1S/C14H21N3O4/c1-9(2)17-10(3)12(7-15-17)14(20)16-4-5-21-8-11(16)6-13(18)19/h7,9,11H,4-6,8H2,1-3H3,(H,18,19). The molecule has 7 heteroatoms. The van der Waals surface area contributed by atoms with Crippen molar-refractivity contribution in [2.45, 2.75) is 39.3 Å². The number of carboxylic acids is 1. The lowest BCUT2D eigenvalue weighted by Gasteiger charge is -2.34. The number of hydrogen-bond donors (Lipinski definition) is 1. The predicted molar refractivity (Wildman–Crippen MR) is 75.2 cm³/mol. The number of nitrogens with zero attached hydrogens (tertiary/aromatic N) is 3. The summed E-state index contributed by atoms with van der Waals surface area (Å²) in [6.45, 7) is 6.94. The number of carboxylic acid groups (broad SMARTS) is 1. The van der Waals surface area contributed by atoms with Crippen molar-refractivity contribution in [1.29, 1.82) is 0 Å². The number of morpholine rings is 1. The number of amides is 1. The molecule has 7 nitrogen and oxygen atoms in total. The van der Waals surface area contributed by atoms with E-state index >= 15 is 0 Å². The van der Waals surface area contributed by atoms with Gasteiger partial charge in [0.25, 0.3) is 5.91 Å². The van der Waals surface area contributed by atoms with Gasteiger partial charge in [0.2, 0.25) is 0 Å². The van der Waals surface area contributed by atoms with E-state index in [0.717, 1.165) is 5.69 Å². The molecule has 2 heterocycles. The zero-order valence-electron chi connectivity index (χ0n) is 12.6. The number of ether oxygens (including phenoxy) is 1. The van der Waals surface area contributed by atoms with Crippen LogP contribution < -0.4 is 0 Å². The molecule has 21 heavy (non-hydrogen) atoms. The maximum Gasteiger partial charge on any atom is 0.305 e. The molecular weight excluding hydrogens is 274 g/mol. The fourth-order valence-corrected chi connectivity index (χ4v) is 2.60. The van der Waals surface area contributed by atoms with E-state index in [-0.39, 0.29) is 25.0 Å². The average molecular weight is 295 g/mol. The first kappa shape index (κ1) is 15.5. The zero-order valence-corrected chi connectivity index (χ0v) is 12.6. The van der Waals surface area contributed by atoms with Crippen LogP contribution in [-0.2, 0) is 9.53 Å². The second-order valence-electron chi connectivity index (χ2n) is 5.51. The Morgan fingerprint density at radius 2 is 2.24 bits per heavy atom. The molecule has 1 unspecified atom stereocenters. The van der Waals surface area contributed by atoms with Gasteiger partial charge in [-0.1, -0.05) is 0 Å². The van der Waals surface area contributed by atoms with Crippen LogP contribution in [0.1, 0.15) is 42.4 Å². The molecule has 1 amide bonds. The summed E-state index contributed by atoms with van der Waals surface area (Å²) >= 11 is 0. The lowest BCUT2D eigenvalue weighted by molar-refractivity contribution is -0.139. The smallest absolute Gasteiger partial charge is 0.305 e. The highest BCUT2D eigenvalue weighted by molar-refractivity contribution is 5.95. The summed E-state index contributed by atoms with van der Waals surface area (Å²) in [5.74, 6) is -1.10. The van der Waals surface area contributed by atoms with Crippen LogP contribution in [0.4, 0.5) is 0 Å². The van der Waals surface area contributed by atoms with E-state index < -0.39 is 12.0 Å². The summed E-state index contributed by atoms with van der Waals surface area (Å²) < 4.78 is 7.09. The van der Waals surface area contributed by atoms with Crippen LogP contribution in [0.15, 0.2) is 6.20 Å². The maximum absolute atomic E-state index is 12.7. The van der Waals surface area contributed by atoms with Crippen molar-refractivity contribution in [1.82, 2.24) is 14.7 Å². The predicted octanol–water partition coefficient (Wildman–Crippen LogP) is 1.09. The second kappa shape index (κ2) is 6.26. The molecule has 1 aromatic rings. The number of aliphatic carboxylic acids is 1. The van der Waals surface area contributed by atoms with Crippen LogP contribution in [0.3, 0.4) is 0 Å². The van der Waals surface area contributed by atoms with Crippen LogP contribution in [-0.4, -0.2) is 57.5 Å². The topological polar surface area (TPSA) is 84.7 Å². The van der Waals surface area contributed by atoms with E-state index in [9.17, 15) is 9.59 Å². The van der Waals surface area contributed by atoms with Gasteiger partial charge in [0.05, 0.1) is 37.4 Å². The lowest BCUT2D eigenvalue weighted by atomic mass is 10.1. The third-order valence-corrected chi connectivity index (χ3v) is 3.66. The number of rotatable bonds is 4. The first-order valence-electron chi connectivity index (χ1n) is 7.06. The number of hydrogen-bond acceptors (Lipinski definition) is 4. The summed E-state index contributed by atoms with van der Waals surface area (Å²) in [6.07, 6.45) is 1.45. The minimum Gasteiger partial charge on any atom is -0.481 e. The Hall–Kier alpha value is -1.89. The van der Waals surface area contributed by atoms with Crippen LogP contribution in [0.2, 0.25) is 0 Å². The van der Waals surface area contributed by atoms with Gasteiger partial charge in [-0.15, -0.1) is 0 Å². The molecule has 0 saturated carbocycles. The van der Waals surface area contributed by atoms with Gasteiger partial charge >= 0.3 is 5.97 Å². The van der Waals surface area contributed by atoms with E-state index in [1.165, 1.54) is 0 Å². The second-order valence-corrected chi connectivity index (χ2v) is 5.51. The van der Waals surface area contributed by atoms with Crippen molar-refractivity contribution in [2.24, 2.45) is 0 Å². The summed E-state index contributed by atoms with van der Waals surface area (Å²) in [7, 11) is 0. The van der Waals surface area contributed by atoms with Gasteiger partial charge in [-0.2, -0.15) is 5.10 Å². The van der Waals surface area contributed by atoms with Gasteiger partial charge in [-0.05, 0) is 20.8 Å². The molecule has 1 aromatic heterocycles. The molecule has 1 aliphatic heterocycles. The summed E-state index contributed by atoms with van der Waals surface area (Å²) in [4.78, 5) is 25.2. The summed E-state index contributed by atoms with van der Waals surface area (Å²) in [5.41, 5.74) is 1.33. The molecule has 0 radical (unpaired) electrons. The van der Waals surface area contributed by atoms with E-state index in [4.69, 9.17) is 9.84 Å². The SMILES string of the molecule is Cc1c(C(=O)N2CCOCC2CC(=O)O)cnn1C(C)C. The molecule has 1 N–H and O–H groups in total. The largest absolute Gasteiger partial charge is 0.481 e. The molecule has 0 aromatic carbocycles. The molecule has 1 atom stereocenters. The average Bonchev–Trinajstić information content (AvgIpc) is 2.80. The molecule has 0 bridgehead atoms. The van der Waals surface area contributed by atoms with Crippen LogP contribution in [0, 0.1) is 6.92 Å². The van der Waals surface area contributed by atoms with E-state index in [2.05, 4.69) is 5.10 Å². The normalized spacial score (nSPS) is 19.0. The highest BCUT2D eigenvalue weighted by Gasteiger charge is 2.31. The Morgan fingerprint density at radius 1 is 1.52 bits per heavy atom. The lowest BCUT2D eigenvalue weighted by Crippen LogP contribution is -2.49. The maximum atomic E-state index is 12.7. The summed E-state index contributed by atoms with van der Waals surface area (Å²) in [6, 6.07) is -0.253. The van der Waals surface area contributed by atoms with E-state index in [1.807, 2.05) is 20.8 Å². The fraction of sp³-hybridized carbons (Fsp3) is 0.643. The Morgan fingerprint density at radius 3 is 2.81 bits per heavy atom. The molecule has 1 aliphatic rings. The van der Waals surface area contributed by atoms with Crippen LogP contribution in [0.5, 0.6) is 0 Å². The van der Waals surface area contributed by atoms with Crippen molar-refractivity contribution >= 4 is 11.9 Å². The van der Waals surface area contributed by atoms with E-state index in [1.54, 1.807) is 15.8 Å². The van der Waals surface area contributed by atoms with Crippen molar-refractivity contribution in [2.75, 3.05) is 19.8 Å². The Bertz CT molecular complexity index is 538. The monoisotopic (exact) mass is 295 g/mol. The van der Waals surface area contributed by atoms with Gasteiger partial charge in [-0.25, -0.2) is 0 Å². The van der Waals surface area contributed by atoms with Crippen molar-refractivity contribution in [3.8, 4) is 0 Å². The third kappa shape index (κ3) is 3.24. The molecular formula is C14H21N3O4. The van der Waals surface area contributed by atoms with E-state index in [0.29, 0.717) is 18.7 Å². The van der Waals surface area contributed by atoms with Gasteiger partial charge in [0, 0.05) is 18.3 Å². The number of carbonyl (C=O) groups is 2. The third-order valence-electron chi connectivity index (χ3n) is 3.66. The number of aromatic nitrogens is 2. The molecule has 2 rings (SSSR count). The van der Waals surface area contributed by atoms with Gasteiger partial charge < -0.3 is 14.7 Å². The fourth-order valence-electron chi connectivity index (χ4n) is 2.60. The quantitative estimate of drug-likeness (QED) is 0.898. The molecule has 116 valence electrons. The van der Waals surface area contributed by atoms with Crippen molar-refractivity contribution < 1.29 is 19.4 Å². The summed E-state index contributed by atoms with van der Waals surface area (Å²) in [5, 5.41) is 13.2. The van der Waals surface area contributed by atoms with Gasteiger partial charge in [0.15, 0.2) is 0 Å². The van der Waals surface area contributed by atoms with Crippen molar-refractivity contribution in [3.63, 3.8) is 0 Å². The highest BCUT2D eigenvalue weighted by Crippen LogP contribution is 2.19. The molecule has 0 spiro atoms. The molecule has 0 aliphatic carbocycles. The zero-order chi connectivity index (χ0) is 15.6. The van der Waals surface area contributed by atoms with Crippen LogP contribution >= 0.6 is 0 Å². The van der Waals surface area contributed by atoms with Gasteiger partial charge in [-0.3, -0.25) is 14.3 Å². The molecule has 1 fully saturated rings. The first-order valence-corrected chi connectivity index (χ1v) is 7.06. The minimum absolute atomic E-state index is 0.108. The van der Waals surface area contributed by atoms with Crippen molar-refractivity contribution in [3.05, 3.63) is 17.5 Å².